The number of aryl methyl sites for hydroxylation is 1. The molecule has 0 atom stereocenters. The van der Waals surface area contributed by atoms with Crippen LogP contribution < -0.4 is 4.90 Å². The zero-order valence-electron chi connectivity index (χ0n) is 18.4. The van der Waals surface area contributed by atoms with E-state index in [4.69, 9.17) is 14.4 Å². The van der Waals surface area contributed by atoms with Crippen molar-refractivity contribution in [2.75, 3.05) is 31.1 Å². The Morgan fingerprint density at radius 1 is 1.12 bits per heavy atom. The van der Waals surface area contributed by atoms with Crippen LogP contribution in [-0.2, 0) is 6.42 Å². The lowest BCUT2D eigenvalue weighted by molar-refractivity contribution is -0.384. The second-order valence-electron chi connectivity index (χ2n) is 8.60. The summed E-state index contributed by atoms with van der Waals surface area (Å²) in [5, 5.41) is 11.0. The minimum Gasteiger partial charge on any atom is -0.459 e. The molecular weight excluding hydrogens is 422 g/mol. The van der Waals surface area contributed by atoms with Crippen molar-refractivity contribution >= 4 is 17.4 Å². The van der Waals surface area contributed by atoms with Gasteiger partial charge in [-0.1, -0.05) is 12.1 Å². The van der Waals surface area contributed by atoms with E-state index in [1.807, 2.05) is 6.92 Å². The Balaban J connectivity index is 1.39. The van der Waals surface area contributed by atoms with E-state index in [1.54, 1.807) is 29.2 Å². The molecule has 3 aromatic rings. The molecule has 0 spiro atoms. The maximum Gasteiger partial charge on any atom is 0.289 e. The highest BCUT2D eigenvalue weighted by atomic mass is 16.6. The van der Waals surface area contributed by atoms with Crippen molar-refractivity contribution < 1.29 is 14.1 Å². The molecule has 1 aliphatic heterocycles. The van der Waals surface area contributed by atoms with Gasteiger partial charge in [0.15, 0.2) is 5.76 Å². The van der Waals surface area contributed by atoms with Gasteiger partial charge in [-0.25, -0.2) is 9.97 Å². The van der Waals surface area contributed by atoms with Crippen molar-refractivity contribution in [1.29, 1.82) is 0 Å². The maximum absolute atomic E-state index is 12.6. The predicted octanol–water partition coefficient (Wildman–Crippen LogP) is 3.72. The van der Waals surface area contributed by atoms with Gasteiger partial charge in [-0.15, -0.1) is 0 Å². The van der Waals surface area contributed by atoms with Crippen molar-refractivity contribution in [1.82, 2.24) is 14.9 Å². The zero-order valence-corrected chi connectivity index (χ0v) is 18.4. The molecule has 2 aromatic heterocycles. The number of hydrogen-bond donors (Lipinski definition) is 0. The van der Waals surface area contributed by atoms with Gasteiger partial charge in [0.2, 0.25) is 0 Å². The van der Waals surface area contributed by atoms with Crippen molar-refractivity contribution in [3.8, 4) is 0 Å². The molecule has 9 nitrogen and oxygen atoms in total. The first-order chi connectivity index (χ1) is 16.0. The number of nitro benzene ring substituents is 1. The molecular formula is C24H25N5O4. The van der Waals surface area contributed by atoms with E-state index in [9.17, 15) is 14.9 Å². The van der Waals surface area contributed by atoms with Crippen LogP contribution in [0.5, 0.6) is 0 Å². The van der Waals surface area contributed by atoms with Gasteiger partial charge in [0, 0.05) is 61.9 Å². The smallest absolute Gasteiger partial charge is 0.289 e. The van der Waals surface area contributed by atoms with Crippen LogP contribution in [-0.4, -0.2) is 51.9 Å². The zero-order chi connectivity index (χ0) is 22.9. The van der Waals surface area contributed by atoms with Gasteiger partial charge >= 0.3 is 0 Å². The first-order valence-corrected chi connectivity index (χ1v) is 11.2. The highest BCUT2D eigenvalue weighted by Crippen LogP contribution is 2.39. The summed E-state index contributed by atoms with van der Waals surface area (Å²) in [6, 6.07) is 10.0. The van der Waals surface area contributed by atoms with Gasteiger partial charge in [0.25, 0.3) is 11.6 Å². The number of amides is 1. The Bertz CT molecular complexity index is 1160. The first kappa shape index (κ1) is 21.1. The molecule has 1 amide bonds. The minimum absolute atomic E-state index is 0.0772. The standard InChI is InChI=1S/C24H25N5O4/c1-16-20(15-17-4-8-19(9-5-17)29(31)32)23(26-22(25-16)18-6-7-18)27-10-12-28(13-11-27)24(30)21-3-2-14-33-21/h2-5,8-9,14,18H,6-7,10-13,15H2,1H3. The highest BCUT2D eigenvalue weighted by molar-refractivity contribution is 5.91. The Kier molecular flexibility index (Phi) is 5.53. The van der Waals surface area contributed by atoms with Gasteiger partial charge in [0.1, 0.15) is 11.6 Å². The summed E-state index contributed by atoms with van der Waals surface area (Å²) in [5.74, 6) is 2.49. The summed E-state index contributed by atoms with van der Waals surface area (Å²) in [5.41, 5.74) is 3.01. The summed E-state index contributed by atoms with van der Waals surface area (Å²) in [4.78, 5) is 37.0. The third-order valence-corrected chi connectivity index (χ3v) is 6.28. The van der Waals surface area contributed by atoms with E-state index in [-0.39, 0.29) is 11.6 Å². The van der Waals surface area contributed by atoms with Crippen molar-refractivity contribution in [3.05, 3.63) is 81.2 Å². The third kappa shape index (κ3) is 4.44. The number of furan rings is 1. The molecule has 33 heavy (non-hydrogen) atoms. The third-order valence-electron chi connectivity index (χ3n) is 6.28. The van der Waals surface area contributed by atoms with Crippen LogP contribution in [0.4, 0.5) is 11.5 Å². The maximum atomic E-state index is 12.6. The fourth-order valence-corrected chi connectivity index (χ4v) is 4.21. The van der Waals surface area contributed by atoms with Crippen LogP contribution in [0.2, 0.25) is 0 Å². The van der Waals surface area contributed by atoms with Crippen molar-refractivity contribution in [2.45, 2.75) is 32.1 Å². The number of nitrogens with zero attached hydrogens (tertiary/aromatic N) is 5. The minimum atomic E-state index is -0.391. The second kappa shape index (κ2) is 8.65. The molecule has 2 fully saturated rings. The van der Waals surface area contributed by atoms with Crippen LogP contribution >= 0.6 is 0 Å². The molecule has 1 aliphatic carbocycles. The average Bonchev–Trinajstić information content (AvgIpc) is 3.54. The summed E-state index contributed by atoms with van der Waals surface area (Å²) in [7, 11) is 0. The topological polar surface area (TPSA) is 106 Å². The van der Waals surface area contributed by atoms with E-state index < -0.39 is 4.92 Å². The SMILES string of the molecule is Cc1nc(C2CC2)nc(N2CCN(C(=O)c3ccco3)CC2)c1Cc1ccc([N+](=O)[O-])cc1. The number of hydrogen-bond acceptors (Lipinski definition) is 7. The van der Waals surface area contributed by atoms with Crippen LogP contribution in [0.3, 0.4) is 0 Å². The quantitative estimate of drug-likeness (QED) is 0.419. The number of aromatic nitrogens is 2. The lowest BCUT2D eigenvalue weighted by Crippen LogP contribution is -2.49. The predicted molar refractivity (Wildman–Crippen MR) is 121 cm³/mol. The molecule has 0 unspecified atom stereocenters. The Morgan fingerprint density at radius 3 is 2.45 bits per heavy atom. The van der Waals surface area contributed by atoms with Crippen LogP contribution in [0.1, 0.15) is 52.0 Å². The first-order valence-electron chi connectivity index (χ1n) is 11.2. The van der Waals surface area contributed by atoms with E-state index >= 15 is 0 Å². The van der Waals surface area contributed by atoms with E-state index in [0.29, 0.717) is 44.3 Å². The van der Waals surface area contributed by atoms with Crippen molar-refractivity contribution in [3.63, 3.8) is 0 Å². The second-order valence-corrected chi connectivity index (χ2v) is 8.60. The van der Waals surface area contributed by atoms with Gasteiger partial charge in [-0.3, -0.25) is 14.9 Å². The van der Waals surface area contributed by atoms with Crippen molar-refractivity contribution in [2.24, 2.45) is 0 Å². The molecule has 5 rings (SSSR count). The molecule has 0 bridgehead atoms. The summed E-state index contributed by atoms with van der Waals surface area (Å²) >= 11 is 0. The number of anilines is 1. The number of nitro groups is 1. The van der Waals surface area contributed by atoms with Gasteiger partial charge in [-0.05, 0) is 37.5 Å². The van der Waals surface area contributed by atoms with E-state index in [1.165, 1.54) is 18.4 Å². The molecule has 9 heteroatoms. The Hall–Kier alpha value is -3.75. The number of non-ortho nitro benzene ring substituents is 1. The van der Waals surface area contributed by atoms with Gasteiger partial charge < -0.3 is 14.2 Å². The summed E-state index contributed by atoms with van der Waals surface area (Å²) < 4.78 is 5.27. The van der Waals surface area contributed by atoms with Gasteiger partial charge in [0.05, 0.1) is 11.2 Å². The van der Waals surface area contributed by atoms with E-state index in [0.717, 1.165) is 41.3 Å². The Labute approximate surface area is 191 Å². The largest absolute Gasteiger partial charge is 0.459 e. The average molecular weight is 447 g/mol. The number of piperazine rings is 1. The molecule has 170 valence electrons. The number of carbonyl (C=O) groups excluding carboxylic acids is 1. The van der Waals surface area contributed by atoms with Crippen LogP contribution in [0.15, 0.2) is 47.1 Å². The van der Waals surface area contributed by atoms with Crippen LogP contribution in [0.25, 0.3) is 0 Å². The summed E-state index contributed by atoms with van der Waals surface area (Å²) in [6.07, 6.45) is 4.34. The fourth-order valence-electron chi connectivity index (χ4n) is 4.21. The number of rotatable bonds is 6. The lowest BCUT2D eigenvalue weighted by atomic mass is 10.0. The van der Waals surface area contributed by atoms with Gasteiger partial charge in [-0.2, -0.15) is 0 Å². The molecule has 2 aliphatic rings. The molecule has 0 N–H and O–H groups in total. The fraction of sp³-hybridized carbons (Fsp3) is 0.375. The molecule has 1 saturated heterocycles. The lowest BCUT2D eigenvalue weighted by Gasteiger charge is -2.36. The molecule has 3 heterocycles. The summed E-state index contributed by atoms with van der Waals surface area (Å²) in [6.45, 7) is 4.51. The van der Waals surface area contributed by atoms with E-state index in [2.05, 4.69) is 4.90 Å². The molecule has 1 aromatic carbocycles. The monoisotopic (exact) mass is 447 g/mol. The van der Waals surface area contributed by atoms with Crippen LogP contribution in [0, 0.1) is 17.0 Å². The molecule has 0 radical (unpaired) electrons. The number of carbonyl (C=O) groups is 1. The number of benzene rings is 1. The highest BCUT2D eigenvalue weighted by Gasteiger charge is 2.31. The normalized spacial score (nSPS) is 16.2. The molecule has 1 saturated carbocycles. The Morgan fingerprint density at radius 2 is 1.85 bits per heavy atom.